The third kappa shape index (κ3) is 9.12. The fourth-order valence-electron chi connectivity index (χ4n) is 3.46. The second-order valence-corrected chi connectivity index (χ2v) is 7.47. The second-order valence-electron chi connectivity index (χ2n) is 7.47. The summed E-state index contributed by atoms with van der Waals surface area (Å²) in [6, 6.07) is 0.951. The van der Waals surface area contributed by atoms with Crippen LogP contribution in [0.1, 0.15) is 107 Å². The predicted octanol–water partition coefficient (Wildman–Crippen LogP) is 5.55. The molecule has 0 aliphatic rings. The second kappa shape index (κ2) is 14.3. The summed E-state index contributed by atoms with van der Waals surface area (Å²) in [5.74, 6) is -0.859. The van der Waals surface area contributed by atoms with Crippen LogP contribution in [-0.2, 0) is 6.54 Å². The molecule has 0 atom stereocenters. The minimum Gasteiger partial charge on any atom is -0.503 e. The molecule has 0 aromatic carbocycles. The minimum atomic E-state index is -0.730. The average molecular weight is 380 g/mol. The molecule has 0 fully saturated rings. The Balaban J connectivity index is 2.06. The van der Waals surface area contributed by atoms with Gasteiger partial charge < -0.3 is 14.8 Å². The van der Waals surface area contributed by atoms with E-state index >= 15 is 0 Å². The van der Waals surface area contributed by atoms with Gasteiger partial charge in [0.05, 0.1) is 0 Å². The van der Waals surface area contributed by atoms with Crippen molar-refractivity contribution in [3.05, 3.63) is 22.0 Å². The van der Waals surface area contributed by atoms with Gasteiger partial charge in [0.1, 0.15) is 5.69 Å². The van der Waals surface area contributed by atoms with Crippen molar-refractivity contribution in [1.29, 1.82) is 0 Å². The summed E-state index contributed by atoms with van der Waals surface area (Å²) in [5.41, 5.74) is -0.874. The van der Waals surface area contributed by atoms with Crippen LogP contribution in [-0.4, -0.2) is 21.1 Å². The van der Waals surface area contributed by atoms with Crippen LogP contribution in [0.2, 0.25) is 0 Å². The molecule has 5 nitrogen and oxygen atoms in total. The molecular formula is C22H37NO4. The SMILES string of the molecule is CCCCCCCCCCCCCCCCn1c(O)cc(=O)c(O)c1C=O. The first-order valence-electron chi connectivity index (χ1n) is 10.7. The number of aromatic nitrogens is 1. The van der Waals surface area contributed by atoms with Crippen LogP contribution in [0.5, 0.6) is 11.6 Å². The van der Waals surface area contributed by atoms with Crippen LogP contribution in [0.25, 0.3) is 0 Å². The fourth-order valence-corrected chi connectivity index (χ4v) is 3.46. The van der Waals surface area contributed by atoms with Crippen molar-refractivity contribution in [3.63, 3.8) is 0 Å². The molecule has 0 saturated carbocycles. The highest BCUT2D eigenvalue weighted by molar-refractivity contribution is 5.76. The summed E-state index contributed by atoms with van der Waals surface area (Å²) in [4.78, 5) is 22.5. The van der Waals surface area contributed by atoms with Gasteiger partial charge in [-0.2, -0.15) is 0 Å². The first-order valence-corrected chi connectivity index (χ1v) is 10.7. The minimum absolute atomic E-state index is 0.144. The Labute approximate surface area is 163 Å². The zero-order chi connectivity index (χ0) is 19.9. The van der Waals surface area contributed by atoms with Crippen LogP contribution in [0.3, 0.4) is 0 Å². The van der Waals surface area contributed by atoms with Gasteiger partial charge in [0, 0.05) is 12.6 Å². The van der Waals surface area contributed by atoms with Gasteiger partial charge in [-0.05, 0) is 6.42 Å². The summed E-state index contributed by atoms with van der Waals surface area (Å²) < 4.78 is 1.31. The summed E-state index contributed by atoms with van der Waals surface area (Å²) in [6.45, 7) is 2.67. The Morgan fingerprint density at radius 2 is 1.26 bits per heavy atom. The molecule has 0 aliphatic carbocycles. The van der Waals surface area contributed by atoms with Gasteiger partial charge in [-0.25, -0.2) is 0 Å². The molecule has 1 rings (SSSR count). The van der Waals surface area contributed by atoms with Gasteiger partial charge in [-0.15, -0.1) is 0 Å². The van der Waals surface area contributed by atoms with Crippen molar-refractivity contribution in [2.45, 2.75) is 103 Å². The molecule has 0 unspecified atom stereocenters. The van der Waals surface area contributed by atoms with E-state index in [1.807, 2.05) is 0 Å². The van der Waals surface area contributed by atoms with Crippen molar-refractivity contribution < 1.29 is 15.0 Å². The highest BCUT2D eigenvalue weighted by atomic mass is 16.3. The molecule has 0 amide bonds. The summed E-state index contributed by atoms with van der Waals surface area (Å²) in [5, 5.41) is 19.5. The lowest BCUT2D eigenvalue weighted by Crippen LogP contribution is -2.13. The number of unbranched alkanes of at least 4 members (excludes halogenated alkanes) is 13. The first-order chi connectivity index (χ1) is 13.1. The number of aldehydes is 1. The lowest BCUT2D eigenvalue weighted by atomic mass is 10.0. The largest absolute Gasteiger partial charge is 0.503 e. The molecule has 0 radical (unpaired) electrons. The molecular weight excluding hydrogens is 342 g/mol. The lowest BCUT2D eigenvalue weighted by molar-refractivity contribution is 0.110. The molecule has 27 heavy (non-hydrogen) atoms. The number of aromatic hydroxyl groups is 2. The van der Waals surface area contributed by atoms with Crippen LogP contribution < -0.4 is 5.43 Å². The monoisotopic (exact) mass is 379 g/mol. The van der Waals surface area contributed by atoms with E-state index in [1.165, 1.54) is 75.2 Å². The van der Waals surface area contributed by atoms with E-state index in [-0.39, 0.29) is 11.6 Å². The zero-order valence-corrected chi connectivity index (χ0v) is 16.9. The van der Waals surface area contributed by atoms with Crippen molar-refractivity contribution in [1.82, 2.24) is 4.57 Å². The molecule has 0 spiro atoms. The lowest BCUT2D eigenvalue weighted by Gasteiger charge is -2.12. The number of hydrogen-bond acceptors (Lipinski definition) is 4. The van der Waals surface area contributed by atoms with E-state index in [4.69, 9.17) is 0 Å². The van der Waals surface area contributed by atoms with Crippen molar-refractivity contribution in [2.75, 3.05) is 0 Å². The molecule has 1 heterocycles. The Bertz CT molecular complexity index is 595. The van der Waals surface area contributed by atoms with Crippen LogP contribution >= 0.6 is 0 Å². The number of rotatable bonds is 16. The Kier molecular flexibility index (Phi) is 12.3. The first kappa shape index (κ1) is 23.3. The van der Waals surface area contributed by atoms with Crippen LogP contribution in [0.15, 0.2) is 10.9 Å². The van der Waals surface area contributed by atoms with Crippen molar-refractivity contribution >= 4 is 6.29 Å². The van der Waals surface area contributed by atoms with E-state index in [0.29, 0.717) is 12.8 Å². The molecule has 0 saturated heterocycles. The average Bonchev–Trinajstić information content (AvgIpc) is 2.66. The normalized spacial score (nSPS) is 11.0. The zero-order valence-electron chi connectivity index (χ0n) is 16.9. The number of hydrogen-bond donors (Lipinski definition) is 2. The fraction of sp³-hybridized carbons (Fsp3) is 0.727. The molecule has 0 aliphatic heterocycles. The van der Waals surface area contributed by atoms with E-state index in [9.17, 15) is 19.8 Å². The number of pyridine rings is 1. The van der Waals surface area contributed by atoms with Gasteiger partial charge in [0.15, 0.2) is 17.9 Å². The predicted molar refractivity (Wildman–Crippen MR) is 110 cm³/mol. The van der Waals surface area contributed by atoms with Gasteiger partial charge in [0.2, 0.25) is 5.43 Å². The summed E-state index contributed by atoms with van der Waals surface area (Å²) in [7, 11) is 0. The topological polar surface area (TPSA) is 79.5 Å². The molecule has 0 bridgehead atoms. The summed E-state index contributed by atoms with van der Waals surface area (Å²) >= 11 is 0. The maximum absolute atomic E-state index is 11.4. The quantitative estimate of drug-likeness (QED) is 0.291. The smallest absolute Gasteiger partial charge is 0.227 e. The van der Waals surface area contributed by atoms with Gasteiger partial charge in [0.25, 0.3) is 0 Å². The van der Waals surface area contributed by atoms with Crippen molar-refractivity contribution in [3.8, 4) is 11.6 Å². The summed E-state index contributed by atoms with van der Waals surface area (Å²) in [6.07, 6.45) is 18.0. The number of carbonyl (C=O) groups is 1. The Hall–Kier alpha value is -1.78. The standard InChI is InChI=1S/C22H37NO4/c1-2-3-4-5-6-7-8-9-10-11-12-13-14-15-16-23-19(18-24)22(27)20(25)17-21(23)26/h17-18,26-27H,2-16H2,1H3. The molecule has 1 aromatic rings. The van der Waals surface area contributed by atoms with Gasteiger partial charge in [-0.1, -0.05) is 90.4 Å². The highest BCUT2D eigenvalue weighted by Crippen LogP contribution is 2.19. The molecule has 2 N–H and O–H groups in total. The van der Waals surface area contributed by atoms with Crippen LogP contribution in [0, 0.1) is 0 Å². The van der Waals surface area contributed by atoms with Crippen molar-refractivity contribution in [2.24, 2.45) is 0 Å². The number of carbonyl (C=O) groups excluding carboxylic acids is 1. The van der Waals surface area contributed by atoms with E-state index in [2.05, 4.69) is 6.92 Å². The van der Waals surface area contributed by atoms with Crippen LogP contribution in [0.4, 0.5) is 0 Å². The Morgan fingerprint density at radius 3 is 1.70 bits per heavy atom. The van der Waals surface area contributed by atoms with Gasteiger partial charge in [-0.3, -0.25) is 9.59 Å². The molecule has 154 valence electrons. The van der Waals surface area contributed by atoms with E-state index in [1.54, 1.807) is 0 Å². The third-order valence-electron chi connectivity index (χ3n) is 5.15. The van der Waals surface area contributed by atoms with E-state index < -0.39 is 11.2 Å². The maximum atomic E-state index is 11.4. The third-order valence-corrected chi connectivity index (χ3v) is 5.15. The van der Waals surface area contributed by atoms with E-state index in [0.717, 1.165) is 25.3 Å². The number of nitrogens with zero attached hydrogens (tertiary/aromatic N) is 1. The van der Waals surface area contributed by atoms with Gasteiger partial charge >= 0.3 is 0 Å². The molecule has 1 aromatic heterocycles. The highest BCUT2D eigenvalue weighted by Gasteiger charge is 2.13. The Morgan fingerprint density at radius 1 is 0.815 bits per heavy atom. The molecule has 5 heteroatoms. The maximum Gasteiger partial charge on any atom is 0.227 e.